The molecule has 0 aliphatic carbocycles. The summed E-state index contributed by atoms with van der Waals surface area (Å²) < 4.78 is 10.8. The number of esters is 1. The second-order valence-corrected chi connectivity index (χ2v) is 7.11. The Morgan fingerprint density at radius 3 is 2.39 bits per heavy atom. The van der Waals surface area contributed by atoms with Crippen LogP contribution in [0.1, 0.15) is 28.4 Å². The van der Waals surface area contributed by atoms with Crippen LogP contribution in [0.5, 0.6) is 5.75 Å². The van der Waals surface area contributed by atoms with E-state index in [0.29, 0.717) is 17.0 Å². The fourth-order valence-electron chi connectivity index (χ4n) is 3.09. The number of amides is 1. The van der Waals surface area contributed by atoms with E-state index in [0.717, 1.165) is 16.7 Å². The normalized spacial score (nSPS) is 11.7. The summed E-state index contributed by atoms with van der Waals surface area (Å²) in [6.07, 6.45) is 1.81. The Hall–Kier alpha value is -3.86. The zero-order valence-electron chi connectivity index (χ0n) is 17.8. The predicted molar refractivity (Wildman–Crippen MR) is 122 cm³/mol. The Labute approximate surface area is 182 Å². The highest BCUT2D eigenvalue weighted by molar-refractivity contribution is 5.98. The van der Waals surface area contributed by atoms with Gasteiger partial charge in [-0.3, -0.25) is 4.79 Å². The summed E-state index contributed by atoms with van der Waals surface area (Å²) in [6.45, 7) is 3.86. The van der Waals surface area contributed by atoms with E-state index in [2.05, 4.69) is 5.32 Å². The van der Waals surface area contributed by atoms with Crippen molar-refractivity contribution in [3.05, 3.63) is 101 Å². The number of carbonyl (C=O) groups excluding carboxylic acids is 2. The van der Waals surface area contributed by atoms with Crippen molar-refractivity contribution in [2.45, 2.75) is 20.0 Å². The minimum absolute atomic E-state index is 0.418. The number of hydrogen-bond acceptors (Lipinski definition) is 4. The number of nitrogens with one attached hydrogen (secondary N) is 1. The third-order valence-corrected chi connectivity index (χ3v) is 4.76. The highest BCUT2D eigenvalue weighted by atomic mass is 16.5. The number of aryl methyl sites for hydroxylation is 2. The molecular formula is C26H25NO4. The summed E-state index contributed by atoms with van der Waals surface area (Å²) in [6, 6.07) is 22.1. The predicted octanol–water partition coefficient (Wildman–Crippen LogP) is 5.25. The van der Waals surface area contributed by atoms with Gasteiger partial charge in [0.1, 0.15) is 5.75 Å². The van der Waals surface area contributed by atoms with Crippen LogP contribution < -0.4 is 10.1 Å². The van der Waals surface area contributed by atoms with Crippen molar-refractivity contribution in [2.75, 3.05) is 12.4 Å². The first-order valence-corrected chi connectivity index (χ1v) is 9.92. The van der Waals surface area contributed by atoms with Gasteiger partial charge in [-0.1, -0.05) is 60.7 Å². The lowest BCUT2D eigenvalue weighted by atomic mass is 10.1. The van der Waals surface area contributed by atoms with Crippen LogP contribution in [0, 0.1) is 13.8 Å². The van der Waals surface area contributed by atoms with Gasteiger partial charge in [-0.25, -0.2) is 4.79 Å². The molecule has 0 spiro atoms. The Morgan fingerprint density at radius 2 is 1.65 bits per heavy atom. The molecule has 158 valence electrons. The van der Waals surface area contributed by atoms with Crippen molar-refractivity contribution in [1.82, 2.24) is 0 Å². The molecule has 0 radical (unpaired) electrons. The Morgan fingerprint density at radius 1 is 0.935 bits per heavy atom. The maximum atomic E-state index is 13.1. The third kappa shape index (κ3) is 5.82. The molecule has 0 fully saturated rings. The number of methoxy groups -OCH3 is 1. The maximum absolute atomic E-state index is 13.1. The van der Waals surface area contributed by atoms with Gasteiger partial charge in [0.2, 0.25) is 6.10 Å². The maximum Gasteiger partial charge on any atom is 0.331 e. The van der Waals surface area contributed by atoms with Gasteiger partial charge in [0.15, 0.2) is 0 Å². The van der Waals surface area contributed by atoms with E-state index in [1.807, 2.05) is 56.3 Å². The van der Waals surface area contributed by atoms with Gasteiger partial charge in [-0.05, 0) is 43.2 Å². The number of hydrogen-bond donors (Lipinski definition) is 1. The van der Waals surface area contributed by atoms with E-state index in [9.17, 15) is 9.59 Å². The SMILES string of the molecule is COc1ccccc1/C=C/C(=O)OC(C(=O)Nc1cc(C)ccc1C)c1ccccc1. The van der Waals surface area contributed by atoms with Gasteiger partial charge < -0.3 is 14.8 Å². The van der Waals surface area contributed by atoms with Gasteiger partial charge >= 0.3 is 5.97 Å². The Kier molecular flexibility index (Phi) is 7.22. The summed E-state index contributed by atoms with van der Waals surface area (Å²) in [5.74, 6) is -0.409. The highest BCUT2D eigenvalue weighted by Gasteiger charge is 2.24. The molecule has 1 N–H and O–H groups in total. The molecule has 1 amide bonds. The van der Waals surface area contributed by atoms with Crippen LogP contribution in [-0.2, 0) is 14.3 Å². The largest absolute Gasteiger partial charge is 0.496 e. The van der Waals surface area contributed by atoms with Gasteiger partial charge in [-0.2, -0.15) is 0 Å². The molecule has 5 heteroatoms. The smallest absolute Gasteiger partial charge is 0.331 e. The number of ether oxygens (including phenoxy) is 2. The second kappa shape index (κ2) is 10.3. The lowest BCUT2D eigenvalue weighted by Gasteiger charge is -2.18. The summed E-state index contributed by atoms with van der Waals surface area (Å²) >= 11 is 0. The van der Waals surface area contributed by atoms with Gasteiger partial charge in [0, 0.05) is 22.9 Å². The number of carbonyl (C=O) groups is 2. The second-order valence-electron chi connectivity index (χ2n) is 7.11. The number of para-hydroxylation sites is 1. The van der Waals surface area contributed by atoms with Crippen molar-refractivity contribution in [3.8, 4) is 5.75 Å². The average molecular weight is 415 g/mol. The first-order valence-electron chi connectivity index (χ1n) is 9.92. The summed E-state index contributed by atoms with van der Waals surface area (Å²) in [7, 11) is 1.56. The lowest BCUT2D eigenvalue weighted by molar-refractivity contribution is -0.149. The Balaban J connectivity index is 1.81. The van der Waals surface area contributed by atoms with Crippen LogP contribution in [0.15, 0.2) is 78.9 Å². The average Bonchev–Trinajstić information content (AvgIpc) is 2.79. The molecule has 0 aromatic heterocycles. The zero-order valence-corrected chi connectivity index (χ0v) is 17.8. The summed E-state index contributed by atoms with van der Waals surface area (Å²) in [4.78, 5) is 25.6. The highest BCUT2D eigenvalue weighted by Crippen LogP contribution is 2.24. The standard InChI is InChI=1S/C26H25NO4/c1-18-13-14-19(2)22(17-18)27-26(29)25(21-10-5-4-6-11-21)31-24(28)16-15-20-9-7-8-12-23(20)30-3/h4-17,25H,1-3H3,(H,27,29)/b16-15+. The van der Waals surface area contributed by atoms with E-state index >= 15 is 0 Å². The van der Waals surface area contributed by atoms with Crippen molar-refractivity contribution < 1.29 is 19.1 Å². The molecule has 1 atom stereocenters. The molecule has 1 unspecified atom stereocenters. The quantitative estimate of drug-likeness (QED) is 0.423. The zero-order chi connectivity index (χ0) is 22.2. The summed E-state index contributed by atoms with van der Waals surface area (Å²) in [5.41, 5.74) is 3.95. The lowest BCUT2D eigenvalue weighted by Crippen LogP contribution is -2.25. The van der Waals surface area contributed by atoms with E-state index in [4.69, 9.17) is 9.47 Å². The molecular weight excluding hydrogens is 390 g/mol. The van der Waals surface area contributed by atoms with E-state index in [1.165, 1.54) is 6.08 Å². The molecule has 31 heavy (non-hydrogen) atoms. The molecule has 0 aliphatic rings. The monoisotopic (exact) mass is 415 g/mol. The molecule has 0 bridgehead atoms. The van der Waals surface area contributed by atoms with Crippen molar-refractivity contribution in [1.29, 1.82) is 0 Å². The van der Waals surface area contributed by atoms with Gasteiger partial charge in [-0.15, -0.1) is 0 Å². The Bertz CT molecular complexity index is 1090. The molecule has 0 heterocycles. The molecule has 0 saturated heterocycles. The van der Waals surface area contributed by atoms with Crippen LogP contribution >= 0.6 is 0 Å². The number of benzene rings is 3. The van der Waals surface area contributed by atoms with Crippen molar-refractivity contribution >= 4 is 23.6 Å². The number of rotatable bonds is 7. The fraction of sp³-hybridized carbons (Fsp3) is 0.154. The van der Waals surface area contributed by atoms with Crippen molar-refractivity contribution in [3.63, 3.8) is 0 Å². The third-order valence-electron chi connectivity index (χ3n) is 4.76. The van der Waals surface area contributed by atoms with Gasteiger partial charge in [0.05, 0.1) is 7.11 Å². The topological polar surface area (TPSA) is 64.6 Å². The van der Waals surface area contributed by atoms with Crippen LogP contribution in [0.3, 0.4) is 0 Å². The van der Waals surface area contributed by atoms with E-state index in [1.54, 1.807) is 43.5 Å². The number of anilines is 1. The molecule has 3 rings (SSSR count). The molecule has 3 aromatic rings. The van der Waals surface area contributed by atoms with E-state index in [-0.39, 0.29) is 0 Å². The molecule has 0 saturated carbocycles. The van der Waals surface area contributed by atoms with E-state index < -0.39 is 18.0 Å². The van der Waals surface area contributed by atoms with Crippen LogP contribution in [0.25, 0.3) is 6.08 Å². The van der Waals surface area contributed by atoms with Crippen molar-refractivity contribution in [2.24, 2.45) is 0 Å². The first kappa shape index (κ1) is 21.8. The van der Waals surface area contributed by atoms with Gasteiger partial charge in [0.25, 0.3) is 5.91 Å². The van der Waals surface area contributed by atoms with Crippen LogP contribution in [0.2, 0.25) is 0 Å². The molecule has 5 nitrogen and oxygen atoms in total. The van der Waals surface area contributed by atoms with Crippen LogP contribution in [-0.4, -0.2) is 19.0 Å². The summed E-state index contributed by atoms with van der Waals surface area (Å²) in [5, 5.41) is 2.89. The minimum Gasteiger partial charge on any atom is -0.496 e. The first-order chi connectivity index (χ1) is 15.0. The fourth-order valence-corrected chi connectivity index (χ4v) is 3.09. The minimum atomic E-state index is -1.09. The van der Waals surface area contributed by atoms with Crippen LogP contribution in [0.4, 0.5) is 5.69 Å². The molecule has 3 aromatic carbocycles. The molecule has 0 aliphatic heterocycles.